The maximum absolute atomic E-state index is 12.0. The number of Topliss-reactive ketones (excluding diaryl/α,β-unsaturated/α-hetero) is 1. The summed E-state index contributed by atoms with van der Waals surface area (Å²) in [6, 6.07) is 1.81. The number of hydrogen-bond acceptors (Lipinski definition) is 5. The van der Waals surface area contributed by atoms with Crippen molar-refractivity contribution < 1.29 is 14.3 Å². The van der Waals surface area contributed by atoms with E-state index >= 15 is 0 Å². The number of nitrogens with zero attached hydrogens (tertiary/aromatic N) is 2. The van der Waals surface area contributed by atoms with Crippen molar-refractivity contribution >= 4 is 40.8 Å². The summed E-state index contributed by atoms with van der Waals surface area (Å²) in [5.74, 6) is -0.800. The molecule has 0 spiro atoms. The zero-order valence-electron chi connectivity index (χ0n) is 13.3. The SMILES string of the molecule is Cc1cc(C(=O)COC(=O)/C=C/c2c(C)nn(C)c2Cl)c(C)s1. The Balaban J connectivity index is 1.96. The Morgan fingerprint density at radius 2 is 2.09 bits per heavy atom. The molecule has 0 fully saturated rings. The Morgan fingerprint density at radius 1 is 1.39 bits per heavy atom. The van der Waals surface area contributed by atoms with Crippen molar-refractivity contribution in [3.8, 4) is 0 Å². The summed E-state index contributed by atoms with van der Waals surface area (Å²) in [6.45, 7) is 5.32. The molecule has 5 nitrogen and oxygen atoms in total. The van der Waals surface area contributed by atoms with Gasteiger partial charge in [-0.05, 0) is 32.9 Å². The van der Waals surface area contributed by atoms with Crippen LogP contribution in [0.5, 0.6) is 0 Å². The van der Waals surface area contributed by atoms with Gasteiger partial charge in [-0.15, -0.1) is 11.3 Å². The van der Waals surface area contributed by atoms with Gasteiger partial charge in [0.1, 0.15) is 5.15 Å². The van der Waals surface area contributed by atoms with Crippen LogP contribution in [0.25, 0.3) is 6.08 Å². The molecule has 0 aliphatic rings. The maximum atomic E-state index is 12.0. The first-order valence-electron chi connectivity index (χ1n) is 6.93. The van der Waals surface area contributed by atoms with Gasteiger partial charge >= 0.3 is 5.97 Å². The molecule has 0 aromatic carbocycles. The lowest BCUT2D eigenvalue weighted by Crippen LogP contribution is -2.12. The first-order chi connectivity index (χ1) is 10.8. The topological polar surface area (TPSA) is 61.2 Å². The number of ketones is 1. The lowest BCUT2D eigenvalue weighted by molar-refractivity contribution is -0.136. The van der Waals surface area contributed by atoms with Gasteiger partial charge in [-0.3, -0.25) is 9.48 Å². The van der Waals surface area contributed by atoms with Crippen LogP contribution >= 0.6 is 22.9 Å². The highest BCUT2D eigenvalue weighted by atomic mass is 35.5. The van der Waals surface area contributed by atoms with Crippen LogP contribution in [0.2, 0.25) is 5.15 Å². The van der Waals surface area contributed by atoms with Gasteiger partial charge in [-0.1, -0.05) is 11.6 Å². The van der Waals surface area contributed by atoms with E-state index in [-0.39, 0.29) is 12.4 Å². The molecule has 0 amide bonds. The summed E-state index contributed by atoms with van der Waals surface area (Å²) < 4.78 is 6.51. The van der Waals surface area contributed by atoms with E-state index in [0.29, 0.717) is 22.0 Å². The van der Waals surface area contributed by atoms with Crippen molar-refractivity contribution in [2.75, 3.05) is 6.61 Å². The van der Waals surface area contributed by atoms with Gasteiger partial charge in [0.25, 0.3) is 0 Å². The Labute approximate surface area is 143 Å². The van der Waals surface area contributed by atoms with Gasteiger partial charge in [-0.25, -0.2) is 4.79 Å². The van der Waals surface area contributed by atoms with Crippen molar-refractivity contribution in [3.63, 3.8) is 0 Å². The van der Waals surface area contributed by atoms with Crippen molar-refractivity contribution in [2.24, 2.45) is 7.05 Å². The fraction of sp³-hybridized carbons (Fsp3) is 0.312. The Morgan fingerprint density at radius 3 is 2.61 bits per heavy atom. The van der Waals surface area contributed by atoms with Gasteiger partial charge in [0.05, 0.1) is 5.69 Å². The third-order valence-corrected chi connectivity index (χ3v) is 4.68. The van der Waals surface area contributed by atoms with Crippen molar-refractivity contribution in [1.29, 1.82) is 0 Å². The summed E-state index contributed by atoms with van der Waals surface area (Å²) >= 11 is 7.61. The van der Waals surface area contributed by atoms with Gasteiger partial charge in [0.2, 0.25) is 5.78 Å². The minimum Gasteiger partial charge on any atom is -0.454 e. The molecular weight excluding hydrogens is 336 g/mol. The Bertz CT molecular complexity index is 790. The maximum Gasteiger partial charge on any atom is 0.331 e. The average Bonchev–Trinajstić information content (AvgIpc) is 2.94. The van der Waals surface area contributed by atoms with Crippen LogP contribution in [0.3, 0.4) is 0 Å². The molecule has 0 saturated heterocycles. The summed E-state index contributed by atoms with van der Waals surface area (Å²) in [6.07, 6.45) is 2.78. The molecule has 0 aliphatic heterocycles. The van der Waals surface area contributed by atoms with Crippen molar-refractivity contribution in [2.45, 2.75) is 20.8 Å². The smallest absolute Gasteiger partial charge is 0.331 e. The van der Waals surface area contributed by atoms with Crippen LogP contribution < -0.4 is 0 Å². The molecule has 2 rings (SSSR count). The molecule has 0 atom stereocenters. The van der Waals surface area contributed by atoms with Gasteiger partial charge in [0, 0.05) is 34.0 Å². The number of carbonyl (C=O) groups is 2. The van der Waals surface area contributed by atoms with Crippen LogP contribution in [0.15, 0.2) is 12.1 Å². The fourth-order valence-electron chi connectivity index (χ4n) is 2.16. The minimum atomic E-state index is -0.595. The zero-order chi connectivity index (χ0) is 17.1. The Hall–Kier alpha value is -1.92. The molecule has 2 aromatic rings. The van der Waals surface area contributed by atoms with Crippen molar-refractivity contribution in [1.82, 2.24) is 9.78 Å². The van der Waals surface area contributed by atoms with Crippen LogP contribution in [-0.4, -0.2) is 28.1 Å². The largest absolute Gasteiger partial charge is 0.454 e. The predicted molar refractivity (Wildman–Crippen MR) is 91.1 cm³/mol. The van der Waals surface area contributed by atoms with Crippen LogP contribution in [0.1, 0.15) is 31.4 Å². The number of aromatic nitrogens is 2. The summed E-state index contributed by atoms with van der Waals surface area (Å²) in [5, 5.41) is 4.58. The third-order valence-electron chi connectivity index (χ3n) is 3.27. The highest BCUT2D eigenvalue weighted by Crippen LogP contribution is 2.21. The monoisotopic (exact) mass is 352 g/mol. The molecule has 2 aromatic heterocycles. The molecule has 0 bridgehead atoms. The predicted octanol–water partition coefficient (Wildman–Crippen LogP) is 3.50. The number of thiophene rings is 1. The van der Waals surface area contributed by atoms with Crippen LogP contribution in [0, 0.1) is 20.8 Å². The van der Waals surface area contributed by atoms with Gasteiger partial charge in [-0.2, -0.15) is 5.10 Å². The second-order valence-electron chi connectivity index (χ2n) is 5.10. The van der Waals surface area contributed by atoms with E-state index < -0.39 is 5.97 Å². The highest BCUT2D eigenvalue weighted by Gasteiger charge is 2.14. The summed E-state index contributed by atoms with van der Waals surface area (Å²) in [5.41, 5.74) is 1.97. The van der Waals surface area contributed by atoms with Gasteiger partial charge < -0.3 is 4.74 Å². The molecule has 23 heavy (non-hydrogen) atoms. The van der Waals surface area contributed by atoms with E-state index in [4.69, 9.17) is 16.3 Å². The number of rotatable bonds is 5. The normalized spacial score (nSPS) is 11.2. The third kappa shape index (κ3) is 4.09. The molecule has 0 aliphatic carbocycles. The molecule has 122 valence electrons. The van der Waals surface area contributed by atoms with Crippen molar-refractivity contribution in [3.05, 3.63) is 43.9 Å². The highest BCUT2D eigenvalue weighted by molar-refractivity contribution is 7.12. The number of halogens is 1. The lowest BCUT2D eigenvalue weighted by atomic mass is 10.2. The van der Waals surface area contributed by atoms with E-state index in [0.717, 1.165) is 9.75 Å². The zero-order valence-corrected chi connectivity index (χ0v) is 14.9. The van der Waals surface area contributed by atoms with E-state index in [1.54, 1.807) is 25.3 Å². The molecule has 0 N–H and O–H groups in total. The fourth-order valence-corrected chi connectivity index (χ4v) is 3.34. The first-order valence-corrected chi connectivity index (χ1v) is 8.13. The number of carbonyl (C=O) groups excluding carboxylic acids is 2. The molecule has 2 heterocycles. The second kappa shape index (κ2) is 7.10. The number of hydrogen-bond donors (Lipinski definition) is 0. The molecule has 0 radical (unpaired) electrons. The van der Waals surface area contributed by atoms with E-state index in [2.05, 4.69) is 5.10 Å². The molecule has 0 unspecified atom stereocenters. The molecule has 0 saturated carbocycles. The second-order valence-corrected chi connectivity index (χ2v) is 6.92. The first kappa shape index (κ1) is 17.4. The van der Waals surface area contributed by atoms with E-state index in [1.807, 2.05) is 19.9 Å². The molecular formula is C16H17ClN2O3S. The average molecular weight is 353 g/mol. The molecule has 7 heteroatoms. The minimum absolute atomic E-state index is 0.204. The quantitative estimate of drug-likeness (QED) is 0.469. The number of esters is 1. The van der Waals surface area contributed by atoms with Crippen LogP contribution in [-0.2, 0) is 16.6 Å². The number of aryl methyl sites for hydroxylation is 4. The number of ether oxygens (including phenoxy) is 1. The summed E-state index contributed by atoms with van der Waals surface area (Å²) in [4.78, 5) is 25.8. The standard InChI is InChI=1S/C16H17ClN2O3S/c1-9-7-13(11(3)23-9)14(20)8-22-15(21)6-5-12-10(2)18-19(4)16(12)17/h5-7H,8H2,1-4H3/b6-5+. The summed E-state index contributed by atoms with van der Waals surface area (Å²) in [7, 11) is 1.72. The van der Waals surface area contributed by atoms with E-state index in [9.17, 15) is 9.59 Å². The lowest BCUT2D eigenvalue weighted by Gasteiger charge is -2.01. The van der Waals surface area contributed by atoms with Gasteiger partial charge in [0.15, 0.2) is 6.61 Å². The van der Waals surface area contributed by atoms with Crippen LogP contribution in [0.4, 0.5) is 0 Å². The Kier molecular flexibility index (Phi) is 5.38. The van der Waals surface area contributed by atoms with E-state index in [1.165, 1.54) is 16.8 Å².